The van der Waals surface area contributed by atoms with E-state index >= 15 is 0 Å². The topological polar surface area (TPSA) is 16.6 Å². The lowest BCUT2D eigenvalue weighted by atomic mass is 10.0. The summed E-state index contributed by atoms with van der Waals surface area (Å²) in [6, 6.07) is 10.9. The first kappa shape index (κ1) is 26.2. The van der Waals surface area contributed by atoms with E-state index in [0.29, 0.717) is 0 Å². The maximum absolute atomic E-state index is 2.55. The second-order valence-electron chi connectivity index (χ2n) is 8.05. The van der Waals surface area contributed by atoms with Gasteiger partial charge in [0.05, 0.1) is 13.1 Å². The normalized spacial score (nSPS) is 10.7. The van der Waals surface area contributed by atoms with Crippen LogP contribution < -0.4 is 5.32 Å². The fourth-order valence-corrected chi connectivity index (χ4v) is 3.71. The highest BCUT2D eigenvalue weighted by atomic mass is 14.8. The first-order chi connectivity index (χ1) is 12.9. The molecule has 0 bridgehead atoms. The average Bonchev–Trinajstić information content (AvgIpc) is 2.68. The summed E-state index contributed by atoms with van der Waals surface area (Å²) >= 11 is 0. The fraction of sp³-hybridized carbons (Fsp3) is 0.760. The van der Waals surface area contributed by atoms with Crippen molar-refractivity contribution in [3.05, 3.63) is 35.9 Å². The average molecular weight is 371 g/mol. The van der Waals surface area contributed by atoms with Crippen molar-refractivity contribution in [2.75, 3.05) is 13.1 Å². The number of rotatable bonds is 19. The third-order valence-electron chi connectivity index (χ3n) is 5.48. The molecule has 0 unspecified atom stereocenters. The number of quaternary nitrogens is 1. The first-order valence-corrected chi connectivity index (χ1v) is 11.8. The molecule has 4 radical (unpaired) electrons. The van der Waals surface area contributed by atoms with Crippen LogP contribution in [0.5, 0.6) is 0 Å². The van der Waals surface area contributed by atoms with Gasteiger partial charge in [0.15, 0.2) is 0 Å². The van der Waals surface area contributed by atoms with Crippen molar-refractivity contribution in [1.29, 1.82) is 0 Å². The maximum atomic E-state index is 2.55. The Morgan fingerprint density at radius 2 is 1.00 bits per heavy atom. The Hall–Kier alpha value is -0.755. The van der Waals surface area contributed by atoms with Gasteiger partial charge >= 0.3 is 0 Å². The van der Waals surface area contributed by atoms with Crippen LogP contribution in [0.15, 0.2) is 30.3 Å². The highest BCUT2D eigenvalue weighted by Gasteiger charge is 1.96. The lowest BCUT2D eigenvalue weighted by Gasteiger charge is -2.04. The number of nitrogens with two attached hydrogens (primary N) is 1. The van der Waals surface area contributed by atoms with Crippen molar-refractivity contribution in [2.24, 2.45) is 0 Å². The molecule has 0 aliphatic rings. The van der Waals surface area contributed by atoms with Crippen molar-refractivity contribution in [2.45, 2.75) is 110 Å². The molecular weight excluding hydrogens is 325 g/mol. The number of aryl methyl sites for hydroxylation is 1. The van der Waals surface area contributed by atoms with E-state index in [4.69, 9.17) is 0 Å². The van der Waals surface area contributed by atoms with Crippen LogP contribution >= 0.6 is 0 Å². The predicted octanol–water partition coefficient (Wildman–Crippen LogP) is 6.28. The molecule has 0 aliphatic carbocycles. The Morgan fingerprint density at radius 3 is 1.52 bits per heavy atom. The molecule has 1 aromatic carbocycles. The van der Waals surface area contributed by atoms with E-state index in [1.165, 1.54) is 121 Å². The van der Waals surface area contributed by atoms with Gasteiger partial charge in [-0.1, -0.05) is 101 Å². The summed E-state index contributed by atoms with van der Waals surface area (Å²) in [5.74, 6) is 0. The number of unbranched alkanes of at least 4 members (excludes halogenated alkanes) is 13. The maximum Gasteiger partial charge on any atom is 0.0755 e. The molecule has 1 aromatic rings. The minimum Gasteiger partial charge on any atom is -1.00 e. The van der Waals surface area contributed by atoms with Gasteiger partial charge in [0.25, 0.3) is 0 Å². The SMILES string of the molecule is CCCCCCCCC[NH2+]CCCCCCCCCCc1ccccc1.[B-]. The van der Waals surface area contributed by atoms with Gasteiger partial charge in [-0.2, -0.15) is 0 Å². The smallest absolute Gasteiger partial charge is 0.0755 e. The summed E-state index contributed by atoms with van der Waals surface area (Å²) in [7, 11) is 0. The lowest BCUT2D eigenvalue weighted by Crippen LogP contribution is -2.84. The molecule has 0 fully saturated rings. The van der Waals surface area contributed by atoms with Crippen LogP contribution in [0.2, 0.25) is 0 Å². The summed E-state index contributed by atoms with van der Waals surface area (Å²) in [5, 5.41) is 2.55. The van der Waals surface area contributed by atoms with Crippen molar-refractivity contribution in [1.82, 2.24) is 0 Å². The fourth-order valence-electron chi connectivity index (χ4n) is 3.71. The van der Waals surface area contributed by atoms with E-state index in [1.807, 2.05) is 0 Å². The van der Waals surface area contributed by atoms with E-state index in [2.05, 4.69) is 42.6 Å². The molecule has 0 saturated carbocycles. The molecule has 1 nitrogen and oxygen atoms in total. The van der Waals surface area contributed by atoms with Crippen molar-refractivity contribution in [3.63, 3.8) is 0 Å². The molecule has 0 heterocycles. The lowest BCUT2D eigenvalue weighted by molar-refractivity contribution is -0.655. The van der Waals surface area contributed by atoms with Gasteiger partial charge in [-0.25, -0.2) is 0 Å². The van der Waals surface area contributed by atoms with Crippen LogP contribution in [0.4, 0.5) is 0 Å². The minimum atomic E-state index is 0. The van der Waals surface area contributed by atoms with Crippen LogP contribution in [-0.2, 0) is 6.42 Å². The van der Waals surface area contributed by atoms with Crippen LogP contribution in [0.1, 0.15) is 109 Å². The van der Waals surface area contributed by atoms with Crippen molar-refractivity contribution < 1.29 is 5.32 Å². The Labute approximate surface area is 172 Å². The highest BCUT2D eigenvalue weighted by molar-refractivity contribution is 5.75. The molecule has 154 valence electrons. The largest absolute Gasteiger partial charge is 1.00 e. The third kappa shape index (κ3) is 18.4. The first-order valence-electron chi connectivity index (χ1n) is 11.8. The Bertz CT molecular complexity index is 379. The minimum absolute atomic E-state index is 0. The second kappa shape index (κ2) is 21.5. The molecule has 0 aromatic heterocycles. The summed E-state index contributed by atoms with van der Waals surface area (Å²) in [5.41, 5.74) is 1.50. The van der Waals surface area contributed by atoms with Gasteiger partial charge in [-0.3, -0.25) is 0 Å². The molecule has 0 aliphatic heterocycles. The van der Waals surface area contributed by atoms with Gasteiger partial charge in [-0.05, 0) is 44.1 Å². The summed E-state index contributed by atoms with van der Waals surface area (Å²) in [6.45, 7) is 5.00. The van der Waals surface area contributed by atoms with Gasteiger partial charge in [-0.15, -0.1) is 0 Å². The van der Waals surface area contributed by atoms with E-state index in [9.17, 15) is 0 Å². The zero-order chi connectivity index (χ0) is 18.5. The zero-order valence-electron chi connectivity index (χ0n) is 18.3. The molecular formula is C25H46BN. The highest BCUT2D eigenvalue weighted by Crippen LogP contribution is 2.11. The number of hydrogen-bond acceptors (Lipinski definition) is 0. The van der Waals surface area contributed by atoms with Crippen LogP contribution in [0.25, 0.3) is 0 Å². The predicted molar refractivity (Wildman–Crippen MR) is 122 cm³/mol. The molecule has 0 saturated heterocycles. The van der Waals surface area contributed by atoms with Gasteiger partial charge < -0.3 is 13.7 Å². The molecule has 2 heteroatoms. The summed E-state index contributed by atoms with van der Waals surface area (Å²) < 4.78 is 0. The molecule has 27 heavy (non-hydrogen) atoms. The number of benzene rings is 1. The van der Waals surface area contributed by atoms with Crippen LogP contribution in [0, 0.1) is 0 Å². The molecule has 0 atom stereocenters. The van der Waals surface area contributed by atoms with Gasteiger partial charge in [0.1, 0.15) is 0 Å². The third-order valence-corrected chi connectivity index (χ3v) is 5.48. The van der Waals surface area contributed by atoms with Crippen molar-refractivity contribution >= 4 is 8.41 Å². The second-order valence-corrected chi connectivity index (χ2v) is 8.05. The van der Waals surface area contributed by atoms with Gasteiger partial charge in [0.2, 0.25) is 0 Å². The zero-order valence-corrected chi connectivity index (χ0v) is 18.3. The van der Waals surface area contributed by atoms with Crippen LogP contribution in [0.3, 0.4) is 0 Å². The summed E-state index contributed by atoms with van der Waals surface area (Å²) in [4.78, 5) is 0. The van der Waals surface area contributed by atoms with E-state index in [0.717, 1.165) is 0 Å². The van der Waals surface area contributed by atoms with E-state index in [-0.39, 0.29) is 8.41 Å². The molecule has 1 rings (SSSR count). The van der Waals surface area contributed by atoms with Gasteiger partial charge in [0, 0.05) is 0 Å². The Balaban J connectivity index is 0.00000676. The number of hydrogen-bond donors (Lipinski definition) is 1. The van der Waals surface area contributed by atoms with Crippen molar-refractivity contribution in [3.8, 4) is 0 Å². The molecule has 2 N–H and O–H groups in total. The Kier molecular flexibility index (Phi) is 20.9. The summed E-state index contributed by atoms with van der Waals surface area (Å²) in [6.07, 6.45) is 22.7. The van der Waals surface area contributed by atoms with E-state index < -0.39 is 0 Å². The quantitative estimate of drug-likeness (QED) is 0.218. The standard InChI is InChI=1S/C25H45N.B/c1-2-3-4-5-9-12-18-23-26-24-19-13-10-7-6-8-11-15-20-25-21-16-14-17-22-25;/h14,16-17,21-22,26H,2-13,15,18-20,23-24H2,1H3;/q;-1/p+1. The molecule has 0 amide bonds. The monoisotopic (exact) mass is 371 g/mol. The molecule has 0 spiro atoms. The Morgan fingerprint density at radius 1 is 0.556 bits per heavy atom. The van der Waals surface area contributed by atoms with E-state index in [1.54, 1.807) is 0 Å². The van der Waals surface area contributed by atoms with Crippen LogP contribution in [-0.4, -0.2) is 21.5 Å².